The van der Waals surface area contributed by atoms with Crippen molar-refractivity contribution in [3.8, 4) is 0 Å². The van der Waals surface area contributed by atoms with Crippen LogP contribution in [0.25, 0.3) is 10.9 Å². The van der Waals surface area contributed by atoms with Crippen molar-refractivity contribution in [2.24, 2.45) is 0 Å². The van der Waals surface area contributed by atoms with E-state index in [1.165, 1.54) is 11.0 Å². The average Bonchev–Trinajstić information content (AvgIpc) is 3.32. The summed E-state index contributed by atoms with van der Waals surface area (Å²) in [4.78, 5) is 30.2. The van der Waals surface area contributed by atoms with E-state index in [4.69, 9.17) is 16.6 Å². The van der Waals surface area contributed by atoms with Crippen molar-refractivity contribution in [2.45, 2.75) is 13.5 Å². The number of amides is 1. The first-order valence-corrected chi connectivity index (χ1v) is 9.15. The number of thioether (sulfide) groups is 1. The van der Waals surface area contributed by atoms with Gasteiger partial charge in [0, 0.05) is 28.7 Å². The molecule has 26 heavy (non-hydrogen) atoms. The number of carbonyl (C=O) groups is 2. The van der Waals surface area contributed by atoms with E-state index in [0.717, 1.165) is 28.2 Å². The number of hydrogen-bond acceptors (Lipinski definition) is 5. The van der Waals surface area contributed by atoms with Gasteiger partial charge in [0.25, 0.3) is 5.91 Å². The summed E-state index contributed by atoms with van der Waals surface area (Å²) < 4.78 is 5.69. The van der Waals surface area contributed by atoms with Crippen LogP contribution in [0.2, 0.25) is 0 Å². The number of H-pyrrole nitrogens is 1. The van der Waals surface area contributed by atoms with Crippen molar-refractivity contribution in [1.29, 1.82) is 0 Å². The lowest BCUT2D eigenvalue weighted by Crippen LogP contribution is -2.27. The van der Waals surface area contributed by atoms with Gasteiger partial charge in [-0.3, -0.25) is 14.5 Å². The maximum atomic E-state index is 12.7. The lowest BCUT2D eigenvalue weighted by atomic mass is 10.1. The highest BCUT2D eigenvalue weighted by Crippen LogP contribution is 2.33. The molecule has 5 nitrogen and oxygen atoms in total. The number of nitrogens with one attached hydrogen (secondary N) is 1. The molecule has 1 N–H and O–H groups in total. The number of aryl methyl sites for hydroxylation is 1. The average molecular weight is 382 g/mol. The molecule has 1 aliphatic heterocycles. The molecule has 3 heterocycles. The number of benzene rings is 1. The Morgan fingerprint density at radius 2 is 2.23 bits per heavy atom. The Kier molecular flexibility index (Phi) is 4.26. The predicted octanol–water partition coefficient (Wildman–Crippen LogP) is 4.20. The zero-order valence-corrected chi connectivity index (χ0v) is 15.4. The minimum Gasteiger partial charge on any atom is -0.467 e. The standard InChI is InChI=1S/C19H14N2O3S2/c1-11-4-5-15-13(7-11)14(9-20-15)16(22)8-17-18(23)21(19(25)26-17)10-12-3-2-6-24-12/h2-9,20H,10H2,1H3/b17-8-. The Balaban J connectivity index is 1.61. The van der Waals surface area contributed by atoms with Crippen molar-refractivity contribution in [3.05, 3.63) is 70.7 Å². The molecule has 130 valence electrons. The smallest absolute Gasteiger partial charge is 0.266 e. The molecule has 0 spiro atoms. The molecule has 1 saturated heterocycles. The summed E-state index contributed by atoms with van der Waals surface area (Å²) in [7, 11) is 0. The molecule has 2 aromatic heterocycles. The lowest BCUT2D eigenvalue weighted by molar-refractivity contribution is -0.122. The molecule has 7 heteroatoms. The Labute approximate surface area is 159 Å². The number of hydrogen-bond donors (Lipinski definition) is 1. The first-order chi connectivity index (χ1) is 12.5. The Hall–Kier alpha value is -2.64. The van der Waals surface area contributed by atoms with Crippen molar-refractivity contribution in [3.63, 3.8) is 0 Å². The van der Waals surface area contributed by atoms with Gasteiger partial charge in [0.1, 0.15) is 10.1 Å². The molecule has 0 aliphatic carbocycles. The van der Waals surface area contributed by atoms with Crippen LogP contribution in [0.3, 0.4) is 0 Å². The summed E-state index contributed by atoms with van der Waals surface area (Å²) in [5.74, 6) is 0.141. The van der Waals surface area contributed by atoms with Gasteiger partial charge in [-0.2, -0.15) is 0 Å². The topological polar surface area (TPSA) is 66.3 Å². The van der Waals surface area contributed by atoms with Crippen LogP contribution in [0.5, 0.6) is 0 Å². The van der Waals surface area contributed by atoms with Gasteiger partial charge in [0.15, 0.2) is 5.78 Å². The summed E-state index contributed by atoms with van der Waals surface area (Å²) in [5.41, 5.74) is 2.49. The maximum absolute atomic E-state index is 12.7. The third-order valence-corrected chi connectivity index (χ3v) is 5.51. The van der Waals surface area contributed by atoms with E-state index >= 15 is 0 Å². The number of rotatable bonds is 4. The molecule has 0 saturated carbocycles. The first-order valence-electron chi connectivity index (χ1n) is 7.93. The molecule has 0 radical (unpaired) electrons. The van der Waals surface area contributed by atoms with Crippen molar-refractivity contribution >= 4 is 50.9 Å². The molecule has 0 atom stereocenters. The van der Waals surface area contributed by atoms with E-state index in [9.17, 15) is 9.59 Å². The normalized spacial score (nSPS) is 16.2. The van der Waals surface area contributed by atoms with Crippen molar-refractivity contribution in [2.75, 3.05) is 0 Å². The summed E-state index contributed by atoms with van der Waals surface area (Å²) in [6.45, 7) is 2.23. The van der Waals surface area contributed by atoms with Gasteiger partial charge in [0.2, 0.25) is 0 Å². The van der Waals surface area contributed by atoms with Gasteiger partial charge in [-0.05, 0) is 31.2 Å². The quantitative estimate of drug-likeness (QED) is 0.416. The zero-order chi connectivity index (χ0) is 18.3. The van der Waals surface area contributed by atoms with Gasteiger partial charge < -0.3 is 9.40 Å². The van der Waals surface area contributed by atoms with Gasteiger partial charge >= 0.3 is 0 Å². The molecule has 4 rings (SSSR count). The second-order valence-corrected chi connectivity index (χ2v) is 7.64. The molecule has 1 aromatic carbocycles. The summed E-state index contributed by atoms with van der Waals surface area (Å²) >= 11 is 6.42. The highest BCUT2D eigenvalue weighted by molar-refractivity contribution is 8.26. The zero-order valence-electron chi connectivity index (χ0n) is 13.8. The van der Waals surface area contributed by atoms with E-state index in [1.807, 2.05) is 25.1 Å². The van der Waals surface area contributed by atoms with Gasteiger partial charge in [0.05, 0.1) is 17.7 Å². The van der Waals surface area contributed by atoms with Crippen LogP contribution < -0.4 is 0 Å². The van der Waals surface area contributed by atoms with E-state index in [0.29, 0.717) is 20.5 Å². The van der Waals surface area contributed by atoms with Crippen LogP contribution in [-0.2, 0) is 11.3 Å². The van der Waals surface area contributed by atoms with Gasteiger partial charge in [-0.1, -0.05) is 35.6 Å². The fourth-order valence-electron chi connectivity index (χ4n) is 2.83. The second kappa shape index (κ2) is 6.59. The summed E-state index contributed by atoms with van der Waals surface area (Å²) in [5, 5.41) is 0.845. The molecule has 1 fully saturated rings. The lowest BCUT2D eigenvalue weighted by Gasteiger charge is -2.11. The van der Waals surface area contributed by atoms with E-state index < -0.39 is 0 Å². The number of furan rings is 1. The number of aromatic nitrogens is 1. The number of ketones is 1. The molecule has 0 bridgehead atoms. The third-order valence-electron chi connectivity index (χ3n) is 4.13. The molecule has 3 aromatic rings. The van der Waals surface area contributed by atoms with E-state index in [-0.39, 0.29) is 18.2 Å². The van der Waals surface area contributed by atoms with Crippen LogP contribution in [-0.4, -0.2) is 25.9 Å². The number of allylic oxidation sites excluding steroid dienone is 1. The maximum Gasteiger partial charge on any atom is 0.266 e. The van der Waals surface area contributed by atoms with Gasteiger partial charge in [-0.25, -0.2) is 0 Å². The van der Waals surface area contributed by atoms with Crippen LogP contribution in [0, 0.1) is 6.92 Å². The highest BCUT2D eigenvalue weighted by atomic mass is 32.2. The van der Waals surface area contributed by atoms with Crippen LogP contribution in [0.15, 0.2) is 58.2 Å². The Morgan fingerprint density at radius 1 is 1.38 bits per heavy atom. The number of thiocarbonyl (C=S) groups is 1. The predicted molar refractivity (Wildman–Crippen MR) is 105 cm³/mol. The Morgan fingerprint density at radius 3 is 3.00 bits per heavy atom. The van der Waals surface area contributed by atoms with Crippen LogP contribution >= 0.6 is 24.0 Å². The molecular formula is C19H14N2O3S2. The first kappa shape index (κ1) is 16.8. The van der Waals surface area contributed by atoms with Crippen LogP contribution in [0.1, 0.15) is 21.7 Å². The second-order valence-electron chi connectivity index (χ2n) is 5.96. The summed E-state index contributed by atoms with van der Waals surface area (Å²) in [6, 6.07) is 9.40. The fourth-order valence-corrected chi connectivity index (χ4v) is 4.06. The van der Waals surface area contributed by atoms with Crippen LogP contribution in [0.4, 0.5) is 0 Å². The number of fused-ring (bicyclic) bond motifs is 1. The number of carbonyl (C=O) groups excluding carboxylic acids is 2. The monoisotopic (exact) mass is 382 g/mol. The minimum atomic E-state index is -0.277. The molecule has 1 amide bonds. The SMILES string of the molecule is Cc1ccc2[nH]cc(C(=O)/C=C3\SC(=S)N(Cc4ccco4)C3=O)c2c1. The summed E-state index contributed by atoms with van der Waals surface area (Å²) in [6.07, 6.45) is 4.59. The largest absolute Gasteiger partial charge is 0.467 e. The Bertz CT molecular complexity index is 1060. The number of aromatic amines is 1. The molecule has 0 unspecified atom stereocenters. The van der Waals surface area contributed by atoms with Crippen molar-refractivity contribution < 1.29 is 14.0 Å². The molecular weight excluding hydrogens is 368 g/mol. The van der Waals surface area contributed by atoms with Gasteiger partial charge in [-0.15, -0.1) is 0 Å². The number of nitrogens with zero attached hydrogens (tertiary/aromatic N) is 1. The van der Waals surface area contributed by atoms with Crippen molar-refractivity contribution in [1.82, 2.24) is 9.88 Å². The fraction of sp³-hybridized carbons (Fsp3) is 0.105. The molecule has 1 aliphatic rings. The minimum absolute atomic E-state index is 0.222. The van der Waals surface area contributed by atoms with E-state index in [2.05, 4.69) is 4.98 Å². The highest BCUT2D eigenvalue weighted by Gasteiger charge is 2.33. The third kappa shape index (κ3) is 3.00. The van der Waals surface area contributed by atoms with E-state index in [1.54, 1.807) is 24.6 Å².